The van der Waals surface area contributed by atoms with Gasteiger partial charge < -0.3 is 10.3 Å². The number of aromatic amines is 2. The van der Waals surface area contributed by atoms with E-state index in [4.69, 9.17) is 4.98 Å². The van der Waals surface area contributed by atoms with E-state index in [0.29, 0.717) is 11.5 Å². The smallest absolute Gasteiger partial charge is 0.272 e. The van der Waals surface area contributed by atoms with Gasteiger partial charge in [0.05, 0.1) is 11.0 Å². The molecule has 1 unspecified atom stereocenters. The van der Waals surface area contributed by atoms with Gasteiger partial charge >= 0.3 is 0 Å². The number of nitrogens with one attached hydrogen (secondary N) is 3. The molecule has 134 valence electrons. The molecule has 0 saturated heterocycles. The highest BCUT2D eigenvalue weighted by molar-refractivity contribution is 5.94. The molecular weight excluding hydrogens is 338 g/mol. The van der Waals surface area contributed by atoms with E-state index in [9.17, 15) is 4.79 Å². The average molecular weight is 357 g/mol. The van der Waals surface area contributed by atoms with Gasteiger partial charge in [0.1, 0.15) is 11.9 Å². The Hall–Kier alpha value is -3.41. The van der Waals surface area contributed by atoms with Crippen LogP contribution in [0.4, 0.5) is 0 Å². The standard InChI is InChI=1S/C21H19N5O/c27-21(19-14-9-6-12-15(14)25-26-19)24-18(13-7-2-1-3-8-13)20-22-16-10-4-5-11-17(16)23-20/h1-5,7-8,10-11,18H,6,9,12H2,(H,22,23)(H,24,27)(H,25,26). The maximum atomic E-state index is 13.0. The van der Waals surface area contributed by atoms with E-state index in [1.54, 1.807) is 0 Å². The van der Waals surface area contributed by atoms with E-state index >= 15 is 0 Å². The summed E-state index contributed by atoms with van der Waals surface area (Å²) in [6.07, 6.45) is 2.92. The molecule has 0 bridgehead atoms. The van der Waals surface area contributed by atoms with Crippen LogP contribution >= 0.6 is 0 Å². The Morgan fingerprint density at radius 3 is 2.70 bits per heavy atom. The van der Waals surface area contributed by atoms with Gasteiger partial charge in [-0.05, 0) is 37.0 Å². The lowest BCUT2D eigenvalue weighted by Crippen LogP contribution is -2.31. The van der Waals surface area contributed by atoms with E-state index in [1.807, 2.05) is 54.6 Å². The largest absolute Gasteiger partial charge is 0.340 e. The fourth-order valence-electron chi connectivity index (χ4n) is 3.77. The number of nitrogens with zero attached hydrogens (tertiary/aromatic N) is 2. The number of H-pyrrole nitrogens is 2. The quantitative estimate of drug-likeness (QED) is 0.524. The number of para-hydroxylation sites is 2. The first kappa shape index (κ1) is 15.8. The molecule has 2 aromatic heterocycles. The molecule has 0 fully saturated rings. The zero-order chi connectivity index (χ0) is 18.2. The summed E-state index contributed by atoms with van der Waals surface area (Å²) in [4.78, 5) is 21.0. The Morgan fingerprint density at radius 1 is 1.04 bits per heavy atom. The number of benzene rings is 2. The third-order valence-corrected chi connectivity index (χ3v) is 5.11. The Bertz CT molecular complexity index is 1080. The molecule has 0 saturated carbocycles. The molecule has 27 heavy (non-hydrogen) atoms. The first-order chi connectivity index (χ1) is 13.3. The molecule has 4 aromatic rings. The molecule has 1 atom stereocenters. The van der Waals surface area contributed by atoms with Crippen LogP contribution in [0.5, 0.6) is 0 Å². The van der Waals surface area contributed by atoms with Crippen molar-refractivity contribution in [1.29, 1.82) is 0 Å². The van der Waals surface area contributed by atoms with Gasteiger partial charge in [-0.15, -0.1) is 0 Å². The summed E-state index contributed by atoms with van der Waals surface area (Å²) in [7, 11) is 0. The van der Waals surface area contributed by atoms with Gasteiger partial charge in [0, 0.05) is 11.3 Å². The number of rotatable bonds is 4. The number of carbonyl (C=O) groups is 1. The van der Waals surface area contributed by atoms with Crippen LogP contribution in [0, 0.1) is 0 Å². The molecule has 0 radical (unpaired) electrons. The Balaban J connectivity index is 1.53. The SMILES string of the molecule is O=C(NC(c1ccccc1)c1nc2ccccc2[nH]1)c1n[nH]c2c1CCC2. The second-order valence-corrected chi connectivity index (χ2v) is 6.84. The molecule has 5 rings (SSSR count). The monoisotopic (exact) mass is 357 g/mol. The first-order valence-corrected chi connectivity index (χ1v) is 9.16. The van der Waals surface area contributed by atoms with Gasteiger partial charge in [-0.3, -0.25) is 9.89 Å². The summed E-state index contributed by atoms with van der Waals surface area (Å²) in [5.74, 6) is 0.534. The molecule has 2 aromatic carbocycles. The molecule has 2 heterocycles. The zero-order valence-electron chi connectivity index (χ0n) is 14.7. The fraction of sp³-hybridized carbons (Fsp3) is 0.190. The van der Waals surface area contributed by atoms with Gasteiger partial charge in [-0.2, -0.15) is 5.10 Å². The minimum atomic E-state index is -0.375. The summed E-state index contributed by atoms with van der Waals surface area (Å²) in [6.45, 7) is 0. The lowest BCUT2D eigenvalue weighted by atomic mass is 10.1. The number of hydrogen-bond donors (Lipinski definition) is 3. The number of amides is 1. The van der Waals surface area contributed by atoms with Crippen molar-refractivity contribution in [1.82, 2.24) is 25.5 Å². The van der Waals surface area contributed by atoms with Crippen molar-refractivity contribution in [3.63, 3.8) is 0 Å². The lowest BCUT2D eigenvalue weighted by molar-refractivity contribution is 0.0935. The van der Waals surface area contributed by atoms with Crippen molar-refractivity contribution in [2.24, 2.45) is 0 Å². The minimum absolute atomic E-state index is 0.177. The highest BCUT2D eigenvalue weighted by atomic mass is 16.2. The predicted molar refractivity (Wildman–Crippen MR) is 102 cm³/mol. The van der Waals surface area contributed by atoms with E-state index in [2.05, 4.69) is 20.5 Å². The van der Waals surface area contributed by atoms with Crippen LogP contribution in [0.2, 0.25) is 0 Å². The van der Waals surface area contributed by atoms with E-state index in [0.717, 1.165) is 47.1 Å². The number of aryl methyl sites for hydroxylation is 1. The number of aromatic nitrogens is 4. The summed E-state index contributed by atoms with van der Waals surface area (Å²) in [5, 5.41) is 10.4. The Kier molecular flexibility index (Phi) is 3.74. The number of carbonyl (C=O) groups excluding carboxylic acids is 1. The molecule has 0 spiro atoms. The second-order valence-electron chi connectivity index (χ2n) is 6.84. The van der Waals surface area contributed by atoms with Crippen molar-refractivity contribution in [2.45, 2.75) is 25.3 Å². The van der Waals surface area contributed by atoms with Crippen molar-refractivity contribution in [3.05, 3.63) is 82.9 Å². The predicted octanol–water partition coefficient (Wildman–Crippen LogP) is 3.29. The van der Waals surface area contributed by atoms with Crippen molar-refractivity contribution < 1.29 is 4.79 Å². The molecule has 0 aliphatic heterocycles. The molecule has 3 N–H and O–H groups in total. The zero-order valence-corrected chi connectivity index (χ0v) is 14.7. The third-order valence-electron chi connectivity index (χ3n) is 5.11. The van der Waals surface area contributed by atoms with Crippen LogP contribution < -0.4 is 5.32 Å². The Labute approximate surface area is 156 Å². The maximum absolute atomic E-state index is 13.0. The second kappa shape index (κ2) is 6.39. The van der Waals surface area contributed by atoms with Crippen LogP contribution in [0.25, 0.3) is 11.0 Å². The topological polar surface area (TPSA) is 86.5 Å². The van der Waals surface area contributed by atoms with Gasteiger partial charge in [-0.25, -0.2) is 4.98 Å². The van der Waals surface area contributed by atoms with Crippen LogP contribution in [-0.4, -0.2) is 26.1 Å². The number of hydrogen-bond acceptors (Lipinski definition) is 3. The van der Waals surface area contributed by atoms with Crippen LogP contribution in [0.15, 0.2) is 54.6 Å². The van der Waals surface area contributed by atoms with Crippen molar-refractivity contribution >= 4 is 16.9 Å². The summed E-state index contributed by atoms with van der Waals surface area (Å²) >= 11 is 0. The molecular formula is C21H19N5O. The molecule has 1 aliphatic rings. The highest BCUT2D eigenvalue weighted by Crippen LogP contribution is 2.26. The summed E-state index contributed by atoms with van der Waals surface area (Å²) < 4.78 is 0. The summed E-state index contributed by atoms with van der Waals surface area (Å²) in [5.41, 5.74) is 5.42. The lowest BCUT2D eigenvalue weighted by Gasteiger charge is -2.17. The minimum Gasteiger partial charge on any atom is -0.340 e. The van der Waals surface area contributed by atoms with Gasteiger partial charge in [0.2, 0.25) is 0 Å². The Morgan fingerprint density at radius 2 is 1.85 bits per heavy atom. The number of fused-ring (bicyclic) bond motifs is 2. The van der Waals surface area contributed by atoms with Crippen molar-refractivity contribution in [2.75, 3.05) is 0 Å². The van der Waals surface area contributed by atoms with E-state index in [-0.39, 0.29) is 11.9 Å². The van der Waals surface area contributed by atoms with Crippen LogP contribution in [-0.2, 0) is 12.8 Å². The van der Waals surface area contributed by atoms with E-state index in [1.165, 1.54) is 0 Å². The van der Waals surface area contributed by atoms with Gasteiger partial charge in [-0.1, -0.05) is 42.5 Å². The van der Waals surface area contributed by atoms with Gasteiger partial charge in [0.25, 0.3) is 5.91 Å². The molecule has 1 amide bonds. The molecule has 6 nitrogen and oxygen atoms in total. The van der Waals surface area contributed by atoms with Crippen molar-refractivity contribution in [3.8, 4) is 0 Å². The number of imidazole rings is 1. The fourth-order valence-corrected chi connectivity index (χ4v) is 3.77. The normalized spacial score (nSPS) is 14.2. The molecule has 1 aliphatic carbocycles. The maximum Gasteiger partial charge on any atom is 0.272 e. The average Bonchev–Trinajstić information content (AvgIpc) is 3.41. The van der Waals surface area contributed by atoms with E-state index < -0.39 is 0 Å². The third kappa shape index (κ3) is 2.79. The first-order valence-electron chi connectivity index (χ1n) is 9.16. The van der Waals surface area contributed by atoms with Crippen LogP contribution in [0.3, 0.4) is 0 Å². The van der Waals surface area contributed by atoms with Gasteiger partial charge in [0.15, 0.2) is 5.69 Å². The molecule has 6 heteroatoms. The highest BCUT2D eigenvalue weighted by Gasteiger charge is 2.27. The summed E-state index contributed by atoms with van der Waals surface area (Å²) in [6, 6.07) is 17.4. The van der Waals surface area contributed by atoms with Crippen LogP contribution in [0.1, 0.15) is 45.6 Å².